The van der Waals surface area contributed by atoms with E-state index in [1.165, 1.54) is 11.3 Å². The van der Waals surface area contributed by atoms with Crippen LogP contribution in [0.2, 0.25) is 0 Å². The van der Waals surface area contributed by atoms with Crippen LogP contribution in [0.5, 0.6) is 0 Å². The van der Waals surface area contributed by atoms with Crippen LogP contribution in [0.15, 0.2) is 0 Å². The van der Waals surface area contributed by atoms with Gasteiger partial charge in [-0.05, 0) is 13.3 Å². The molecule has 1 unspecified atom stereocenters. The number of amides is 2. The maximum absolute atomic E-state index is 12.1. The summed E-state index contributed by atoms with van der Waals surface area (Å²) in [5, 5.41) is 0.386. The number of anilines is 1. The molecule has 2 heterocycles. The molecule has 17 heavy (non-hydrogen) atoms. The Bertz CT molecular complexity index is 471. The van der Waals surface area contributed by atoms with Crippen molar-refractivity contribution in [1.29, 1.82) is 0 Å². The van der Waals surface area contributed by atoms with Crippen LogP contribution in [0.3, 0.4) is 0 Å². The van der Waals surface area contributed by atoms with E-state index in [0.717, 1.165) is 0 Å². The highest BCUT2D eigenvalue weighted by atomic mass is 32.1. The minimum Gasteiger partial charge on any atom is -0.375 e. The zero-order valence-corrected chi connectivity index (χ0v) is 10.3. The molecule has 0 aliphatic carbocycles. The van der Waals surface area contributed by atoms with E-state index in [2.05, 4.69) is 4.98 Å². The van der Waals surface area contributed by atoms with Gasteiger partial charge in [0.2, 0.25) is 5.91 Å². The van der Waals surface area contributed by atoms with Crippen LogP contribution >= 0.6 is 11.3 Å². The molecule has 0 bridgehead atoms. The Hall–Kier alpha value is -1.63. The van der Waals surface area contributed by atoms with E-state index in [9.17, 15) is 9.59 Å². The zero-order chi connectivity index (χ0) is 12.6. The number of carbonyl (C=O) groups excluding carboxylic acids is 2. The van der Waals surface area contributed by atoms with Gasteiger partial charge < -0.3 is 16.4 Å². The second-order valence-electron chi connectivity index (χ2n) is 4.11. The molecule has 1 aromatic rings. The summed E-state index contributed by atoms with van der Waals surface area (Å²) in [6.07, 6.45) is 0.633. The molecular weight excluding hydrogens is 240 g/mol. The summed E-state index contributed by atoms with van der Waals surface area (Å²) in [4.78, 5) is 29.4. The first-order valence-electron chi connectivity index (χ1n) is 5.30. The number of primary amides is 1. The number of carbonyl (C=O) groups is 2. The fraction of sp³-hybridized carbons (Fsp3) is 0.500. The quantitative estimate of drug-likeness (QED) is 0.774. The number of nitrogens with zero attached hydrogens (tertiary/aromatic N) is 2. The lowest BCUT2D eigenvalue weighted by molar-refractivity contribution is -0.121. The number of nitrogen functional groups attached to an aromatic ring is 1. The Labute approximate surface area is 103 Å². The Morgan fingerprint density at radius 1 is 1.53 bits per heavy atom. The molecule has 0 spiro atoms. The molecule has 1 atom stereocenters. The van der Waals surface area contributed by atoms with Gasteiger partial charge in [0.25, 0.3) is 5.91 Å². The van der Waals surface area contributed by atoms with Gasteiger partial charge in [0.05, 0.1) is 11.6 Å². The van der Waals surface area contributed by atoms with E-state index in [1.54, 1.807) is 11.8 Å². The van der Waals surface area contributed by atoms with E-state index in [4.69, 9.17) is 11.5 Å². The predicted molar refractivity (Wildman–Crippen MR) is 64.5 cm³/mol. The average Bonchev–Trinajstić information content (AvgIpc) is 2.84. The number of nitrogens with two attached hydrogens (primary N) is 2. The lowest BCUT2D eigenvalue weighted by Crippen LogP contribution is -2.31. The average molecular weight is 254 g/mol. The van der Waals surface area contributed by atoms with Crippen LogP contribution in [0.1, 0.15) is 21.8 Å². The first kappa shape index (κ1) is 11.8. The Balaban J connectivity index is 2.12. The molecule has 0 aromatic carbocycles. The molecule has 0 radical (unpaired) electrons. The fourth-order valence-corrected chi connectivity index (χ4v) is 2.74. The number of likely N-dealkylation sites (tertiary alicyclic amines) is 1. The molecule has 1 fully saturated rings. The molecule has 1 saturated heterocycles. The lowest BCUT2D eigenvalue weighted by Gasteiger charge is -2.14. The molecule has 92 valence electrons. The van der Waals surface area contributed by atoms with E-state index in [-0.39, 0.29) is 17.7 Å². The first-order valence-corrected chi connectivity index (χ1v) is 6.12. The Morgan fingerprint density at radius 3 is 2.71 bits per heavy atom. The second-order valence-corrected chi connectivity index (χ2v) is 5.14. The van der Waals surface area contributed by atoms with Gasteiger partial charge in [0, 0.05) is 13.1 Å². The van der Waals surface area contributed by atoms with Crippen molar-refractivity contribution < 1.29 is 9.59 Å². The van der Waals surface area contributed by atoms with E-state index in [1.807, 2.05) is 0 Å². The van der Waals surface area contributed by atoms with E-state index < -0.39 is 0 Å². The van der Waals surface area contributed by atoms with Crippen LogP contribution < -0.4 is 11.5 Å². The second kappa shape index (κ2) is 4.33. The molecule has 1 aromatic heterocycles. The van der Waals surface area contributed by atoms with Gasteiger partial charge in [-0.25, -0.2) is 4.98 Å². The molecule has 7 heteroatoms. The minimum absolute atomic E-state index is 0.111. The highest BCUT2D eigenvalue weighted by Crippen LogP contribution is 2.24. The van der Waals surface area contributed by atoms with Crippen molar-refractivity contribution in [2.24, 2.45) is 11.7 Å². The number of hydrogen-bond acceptors (Lipinski definition) is 5. The molecule has 1 aliphatic heterocycles. The summed E-state index contributed by atoms with van der Waals surface area (Å²) >= 11 is 1.18. The number of thiazole rings is 1. The standard InChI is InChI=1S/C10H14N4O2S/c1-5-7(17-10(12)13-5)9(16)14-3-2-6(4-14)8(11)15/h6H,2-4H2,1H3,(H2,11,15)(H2,12,13). The fourth-order valence-electron chi connectivity index (χ4n) is 1.94. The normalized spacial score (nSPS) is 19.6. The molecular formula is C10H14N4O2S. The van der Waals surface area contributed by atoms with Crippen molar-refractivity contribution >= 4 is 28.3 Å². The summed E-state index contributed by atoms with van der Waals surface area (Å²) in [6.45, 7) is 2.71. The highest BCUT2D eigenvalue weighted by Gasteiger charge is 2.31. The molecule has 4 N–H and O–H groups in total. The van der Waals surface area contributed by atoms with Gasteiger partial charge in [-0.15, -0.1) is 0 Å². The van der Waals surface area contributed by atoms with Crippen LogP contribution in [0.4, 0.5) is 5.13 Å². The molecule has 2 rings (SSSR count). The third-order valence-electron chi connectivity index (χ3n) is 2.89. The van der Waals surface area contributed by atoms with Gasteiger partial charge in [0.15, 0.2) is 5.13 Å². The Kier molecular flexibility index (Phi) is 3.01. The van der Waals surface area contributed by atoms with Gasteiger partial charge in [-0.3, -0.25) is 9.59 Å². The van der Waals surface area contributed by atoms with Crippen LogP contribution in [0.25, 0.3) is 0 Å². The van der Waals surface area contributed by atoms with E-state index in [0.29, 0.717) is 35.2 Å². The smallest absolute Gasteiger partial charge is 0.265 e. The molecule has 0 saturated carbocycles. The topological polar surface area (TPSA) is 102 Å². The maximum atomic E-state index is 12.1. The van der Waals surface area contributed by atoms with Crippen molar-refractivity contribution in [1.82, 2.24) is 9.88 Å². The molecule has 1 aliphatic rings. The van der Waals surface area contributed by atoms with Gasteiger partial charge in [0.1, 0.15) is 4.88 Å². The SMILES string of the molecule is Cc1nc(N)sc1C(=O)N1CCC(C(N)=O)C1. The van der Waals surface area contributed by atoms with Crippen molar-refractivity contribution in [3.63, 3.8) is 0 Å². The first-order chi connectivity index (χ1) is 7.99. The summed E-state index contributed by atoms with van der Waals surface area (Å²) in [5.74, 6) is -0.689. The third kappa shape index (κ3) is 2.23. The number of hydrogen-bond donors (Lipinski definition) is 2. The number of rotatable bonds is 2. The van der Waals surface area contributed by atoms with Crippen molar-refractivity contribution in [3.05, 3.63) is 10.6 Å². The third-order valence-corrected chi connectivity index (χ3v) is 3.86. The summed E-state index contributed by atoms with van der Waals surface area (Å²) in [6, 6.07) is 0. The molecule has 6 nitrogen and oxygen atoms in total. The zero-order valence-electron chi connectivity index (χ0n) is 9.47. The summed E-state index contributed by atoms with van der Waals surface area (Å²) in [7, 11) is 0. The number of aryl methyl sites for hydroxylation is 1. The maximum Gasteiger partial charge on any atom is 0.265 e. The van der Waals surface area contributed by atoms with Gasteiger partial charge in [-0.1, -0.05) is 11.3 Å². The molecule has 2 amide bonds. The van der Waals surface area contributed by atoms with Crippen molar-refractivity contribution in [2.45, 2.75) is 13.3 Å². The summed E-state index contributed by atoms with van der Waals surface area (Å²) in [5.41, 5.74) is 11.4. The minimum atomic E-state index is -0.346. The van der Waals surface area contributed by atoms with Crippen LogP contribution in [-0.2, 0) is 4.79 Å². The van der Waals surface area contributed by atoms with E-state index >= 15 is 0 Å². The summed E-state index contributed by atoms with van der Waals surface area (Å²) < 4.78 is 0. The Morgan fingerprint density at radius 2 is 2.24 bits per heavy atom. The van der Waals surface area contributed by atoms with Crippen LogP contribution in [-0.4, -0.2) is 34.8 Å². The van der Waals surface area contributed by atoms with Crippen LogP contribution in [0, 0.1) is 12.8 Å². The van der Waals surface area contributed by atoms with Crippen molar-refractivity contribution in [3.8, 4) is 0 Å². The largest absolute Gasteiger partial charge is 0.375 e. The van der Waals surface area contributed by atoms with Gasteiger partial charge in [-0.2, -0.15) is 0 Å². The number of aromatic nitrogens is 1. The van der Waals surface area contributed by atoms with Crippen molar-refractivity contribution in [2.75, 3.05) is 18.8 Å². The predicted octanol–water partition coefficient (Wildman–Crippen LogP) is -0.0189. The van der Waals surface area contributed by atoms with Gasteiger partial charge >= 0.3 is 0 Å². The lowest BCUT2D eigenvalue weighted by atomic mass is 10.1. The monoisotopic (exact) mass is 254 g/mol. The highest BCUT2D eigenvalue weighted by molar-refractivity contribution is 7.17.